The fraction of sp³-hybridized carbons (Fsp3) is 0.346. The zero-order chi connectivity index (χ0) is 26.6. The summed E-state index contributed by atoms with van der Waals surface area (Å²) < 4.78 is 18.1. The number of rotatable bonds is 5. The quantitative estimate of drug-likeness (QED) is 0.447. The van der Waals surface area contributed by atoms with Crippen LogP contribution in [0, 0.1) is 0 Å². The van der Waals surface area contributed by atoms with Crippen molar-refractivity contribution < 1.29 is 29.2 Å². The maximum absolute atomic E-state index is 13.4. The monoisotopic (exact) mass is 507 g/mol. The lowest BCUT2D eigenvalue weighted by molar-refractivity contribution is 0.252. The maximum atomic E-state index is 13.4. The number of aromatic nitrogens is 2. The number of phenols is 2. The van der Waals surface area contributed by atoms with E-state index in [-0.39, 0.29) is 17.5 Å². The Bertz CT molecular complexity index is 1420. The standard InChI is InChI=1S/C26H29N5O6/c1-26(2,3)31-24-16(12-27-31)18(15-11-17(36-5)20(32)21(33)22(15)37-6)19-23(28-24)29-25(34)30(19)13-8-7-9-14(10-13)35-4/h7-12,18-19,32-33H,1-6H3,(H,28,29,34). The fourth-order valence-corrected chi connectivity index (χ4v) is 4.97. The van der Waals surface area contributed by atoms with Crippen LogP contribution in [-0.4, -0.2) is 59.2 Å². The molecule has 0 radical (unpaired) electrons. The molecule has 2 aliphatic heterocycles. The van der Waals surface area contributed by atoms with Crippen molar-refractivity contribution in [1.82, 2.24) is 15.1 Å². The topological polar surface area (TPSA) is 131 Å². The molecule has 2 aromatic carbocycles. The highest BCUT2D eigenvalue weighted by molar-refractivity contribution is 6.18. The van der Waals surface area contributed by atoms with Crippen molar-refractivity contribution >= 4 is 23.4 Å². The number of nitrogens with one attached hydrogen (secondary N) is 1. The number of phenolic OH excluding ortho intramolecular Hbond substituents is 2. The van der Waals surface area contributed by atoms with E-state index in [0.717, 1.165) is 5.56 Å². The van der Waals surface area contributed by atoms with Crippen molar-refractivity contribution in [3.05, 3.63) is 47.7 Å². The van der Waals surface area contributed by atoms with Gasteiger partial charge in [0.1, 0.15) is 17.6 Å². The van der Waals surface area contributed by atoms with Gasteiger partial charge in [0.15, 0.2) is 17.3 Å². The first-order valence-corrected chi connectivity index (χ1v) is 11.7. The Kier molecular flexibility index (Phi) is 5.65. The van der Waals surface area contributed by atoms with Gasteiger partial charge < -0.3 is 24.4 Å². The van der Waals surface area contributed by atoms with Crippen LogP contribution in [-0.2, 0) is 5.54 Å². The van der Waals surface area contributed by atoms with Gasteiger partial charge in [0.2, 0.25) is 11.5 Å². The Morgan fingerprint density at radius 1 is 1.00 bits per heavy atom. The molecule has 0 bridgehead atoms. The first-order valence-electron chi connectivity index (χ1n) is 11.7. The summed E-state index contributed by atoms with van der Waals surface area (Å²) in [4.78, 5) is 19.8. The van der Waals surface area contributed by atoms with Gasteiger partial charge in [0.05, 0.1) is 33.1 Å². The van der Waals surface area contributed by atoms with E-state index in [2.05, 4.69) is 10.4 Å². The number of aromatic hydroxyl groups is 2. The summed E-state index contributed by atoms with van der Waals surface area (Å²) in [7, 11) is 4.35. The molecule has 0 saturated carbocycles. The summed E-state index contributed by atoms with van der Waals surface area (Å²) in [6.07, 6.45) is 1.72. The molecule has 11 heteroatoms. The summed E-state index contributed by atoms with van der Waals surface area (Å²) in [5, 5.41) is 28.8. The van der Waals surface area contributed by atoms with E-state index < -0.39 is 29.0 Å². The molecular formula is C26H29N5O6. The van der Waals surface area contributed by atoms with Crippen LogP contribution in [0.1, 0.15) is 37.8 Å². The Hall–Kier alpha value is -4.41. The Morgan fingerprint density at radius 3 is 2.41 bits per heavy atom. The van der Waals surface area contributed by atoms with E-state index in [1.54, 1.807) is 47.2 Å². The molecule has 2 atom stereocenters. The molecule has 1 fully saturated rings. The van der Waals surface area contributed by atoms with Crippen molar-refractivity contribution in [3.8, 4) is 28.7 Å². The second-order valence-corrected chi connectivity index (χ2v) is 9.83. The lowest BCUT2D eigenvalue weighted by Crippen LogP contribution is -2.42. The summed E-state index contributed by atoms with van der Waals surface area (Å²) >= 11 is 0. The van der Waals surface area contributed by atoms with E-state index in [1.807, 2.05) is 26.8 Å². The number of hydrogen-bond acceptors (Lipinski definition) is 8. The van der Waals surface area contributed by atoms with Gasteiger partial charge in [-0.15, -0.1) is 0 Å². The zero-order valence-corrected chi connectivity index (χ0v) is 21.4. The highest BCUT2D eigenvalue weighted by atomic mass is 16.5. The highest BCUT2D eigenvalue weighted by Gasteiger charge is 2.49. The van der Waals surface area contributed by atoms with E-state index in [1.165, 1.54) is 14.2 Å². The highest BCUT2D eigenvalue weighted by Crippen LogP contribution is 2.53. The summed E-state index contributed by atoms with van der Waals surface area (Å²) in [5.41, 5.74) is 1.41. The van der Waals surface area contributed by atoms with Crippen LogP contribution in [0.5, 0.6) is 28.7 Å². The third kappa shape index (κ3) is 3.69. The van der Waals surface area contributed by atoms with Gasteiger partial charge in [-0.05, 0) is 39.0 Å². The van der Waals surface area contributed by atoms with Crippen LogP contribution in [0.3, 0.4) is 0 Å². The molecule has 1 aromatic heterocycles. The van der Waals surface area contributed by atoms with Crippen LogP contribution in [0.4, 0.5) is 16.3 Å². The van der Waals surface area contributed by atoms with Crippen LogP contribution < -0.4 is 24.4 Å². The SMILES string of the molecule is COc1cccc(N2C(=O)NC3=Nc4c(cnn4C(C)(C)C)C(c4cc(OC)c(O)c(O)c4OC)C32)c1. The molecule has 3 N–H and O–H groups in total. The molecular weight excluding hydrogens is 478 g/mol. The van der Waals surface area contributed by atoms with Crippen LogP contribution in [0.25, 0.3) is 0 Å². The third-order valence-electron chi connectivity index (χ3n) is 6.61. The summed E-state index contributed by atoms with van der Waals surface area (Å²) in [6.45, 7) is 6.02. The largest absolute Gasteiger partial charge is 0.502 e. The van der Waals surface area contributed by atoms with Gasteiger partial charge in [0, 0.05) is 28.8 Å². The first-order chi connectivity index (χ1) is 17.6. The molecule has 2 unspecified atom stereocenters. The second-order valence-electron chi connectivity index (χ2n) is 9.83. The van der Waals surface area contributed by atoms with Gasteiger partial charge in [-0.1, -0.05) is 6.07 Å². The van der Waals surface area contributed by atoms with Crippen LogP contribution >= 0.6 is 0 Å². The number of carbonyl (C=O) groups excluding carboxylic acids is 1. The van der Waals surface area contributed by atoms with E-state index >= 15 is 0 Å². The second kappa shape index (κ2) is 8.61. The lowest BCUT2D eigenvalue weighted by Gasteiger charge is -2.34. The van der Waals surface area contributed by atoms with E-state index in [0.29, 0.717) is 28.7 Å². The third-order valence-corrected chi connectivity index (χ3v) is 6.61. The smallest absolute Gasteiger partial charge is 0.328 e. The Balaban J connectivity index is 1.80. The summed E-state index contributed by atoms with van der Waals surface area (Å²) in [5.74, 6) is 0.204. The molecule has 37 heavy (non-hydrogen) atoms. The Labute approximate surface area is 213 Å². The van der Waals surface area contributed by atoms with Crippen molar-refractivity contribution in [2.45, 2.75) is 38.3 Å². The minimum Gasteiger partial charge on any atom is -0.502 e. The average molecular weight is 508 g/mol. The van der Waals surface area contributed by atoms with E-state index in [9.17, 15) is 15.0 Å². The molecule has 0 spiro atoms. The minimum atomic E-state index is -0.646. The van der Waals surface area contributed by atoms with Gasteiger partial charge in [-0.2, -0.15) is 5.10 Å². The number of nitrogens with zero attached hydrogens (tertiary/aromatic N) is 4. The molecule has 2 amide bonds. The molecule has 3 heterocycles. The number of hydrogen-bond donors (Lipinski definition) is 3. The fourth-order valence-electron chi connectivity index (χ4n) is 4.97. The Morgan fingerprint density at radius 2 is 1.76 bits per heavy atom. The predicted molar refractivity (Wildman–Crippen MR) is 137 cm³/mol. The summed E-state index contributed by atoms with van der Waals surface area (Å²) in [6, 6.07) is 7.76. The molecule has 0 aliphatic carbocycles. The van der Waals surface area contributed by atoms with Crippen molar-refractivity contribution in [3.63, 3.8) is 0 Å². The predicted octanol–water partition coefficient (Wildman–Crippen LogP) is 3.85. The van der Waals surface area contributed by atoms with Gasteiger partial charge in [-0.3, -0.25) is 10.2 Å². The minimum absolute atomic E-state index is 0.0592. The van der Waals surface area contributed by atoms with E-state index in [4.69, 9.17) is 19.2 Å². The number of urea groups is 1. The molecule has 3 aromatic rings. The number of carbonyl (C=O) groups is 1. The number of benzene rings is 2. The number of fused-ring (bicyclic) bond motifs is 2. The molecule has 1 saturated heterocycles. The molecule has 5 rings (SSSR count). The number of methoxy groups -OCH3 is 3. The lowest BCUT2D eigenvalue weighted by atomic mass is 9.82. The molecule has 11 nitrogen and oxygen atoms in total. The van der Waals surface area contributed by atoms with Crippen LogP contribution in [0.2, 0.25) is 0 Å². The average Bonchev–Trinajstić information content (AvgIpc) is 3.44. The number of anilines is 1. The number of amides is 2. The van der Waals surface area contributed by atoms with Crippen LogP contribution in [0.15, 0.2) is 41.5 Å². The number of aliphatic imine (C=N–C) groups is 1. The van der Waals surface area contributed by atoms with Gasteiger partial charge in [-0.25, -0.2) is 14.5 Å². The molecule has 194 valence electrons. The van der Waals surface area contributed by atoms with Gasteiger partial charge in [0.25, 0.3) is 0 Å². The van der Waals surface area contributed by atoms with Crippen molar-refractivity contribution in [2.24, 2.45) is 4.99 Å². The zero-order valence-electron chi connectivity index (χ0n) is 21.4. The normalized spacial score (nSPS) is 18.6. The maximum Gasteiger partial charge on any atom is 0.328 e. The van der Waals surface area contributed by atoms with Crippen molar-refractivity contribution in [2.75, 3.05) is 26.2 Å². The van der Waals surface area contributed by atoms with Gasteiger partial charge >= 0.3 is 6.03 Å². The first kappa shape index (κ1) is 24.3. The van der Waals surface area contributed by atoms with Crippen molar-refractivity contribution in [1.29, 1.82) is 0 Å². The number of ether oxygens (including phenoxy) is 3. The molecule has 2 aliphatic rings. The number of amidine groups is 1.